The molecule has 10 nitrogen and oxygen atoms in total. The molecular weight excluding hydrogens is 548 g/mol. The molecule has 2 aliphatic heterocycles. The Kier molecular flexibility index (Phi) is 10.2. The van der Waals surface area contributed by atoms with E-state index in [4.69, 9.17) is 15.9 Å². The molecule has 42 heavy (non-hydrogen) atoms. The van der Waals surface area contributed by atoms with E-state index in [2.05, 4.69) is 39.2 Å². The van der Waals surface area contributed by atoms with Gasteiger partial charge in [-0.2, -0.15) is 0 Å². The Balaban J connectivity index is 0.000000271. The molecule has 226 valence electrons. The molecule has 4 heterocycles. The third-order valence-corrected chi connectivity index (χ3v) is 9.79. The molecule has 0 saturated carbocycles. The number of thiophene rings is 1. The van der Waals surface area contributed by atoms with Crippen LogP contribution in [0.15, 0.2) is 18.5 Å². The first-order chi connectivity index (χ1) is 20.5. The first kappa shape index (κ1) is 30.2. The summed E-state index contributed by atoms with van der Waals surface area (Å²) < 4.78 is 6.16. The van der Waals surface area contributed by atoms with Crippen LogP contribution in [0.1, 0.15) is 54.5 Å². The number of carbonyl (C=O) groups excluding carboxylic acids is 1. The Morgan fingerprint density at radius 1 is 1.12 bits per heavy atom. The largest absolute Gasteiger partial charge is 0.490 e. The van der Waals surface area contributed by atoms with Gasteiger partial charge in [0.25, 0.3) is 0 Å². The van der Waals surface area contributed by atoms with Gasteiger partial charge in [0.15, 0.2) is 0 Å². The second-order valence-corrected chi connectivity index (χ2v) is 12.7. The number of amides is 1. The van der Waals surface area contributed by atoms with Crippen LogP contribution in [0.5, 0.6) is 5.75 Å². The van der Waals surface area contributed by atoms with E-state index < -0.39 is 0 Å². The molecule has 3 aromatic rings. The Hall–Kier alpha value is -3.28. The van der Waals surface area contributed by atoms with Crippen LogP contribution in [-0.2, 0) is 17.6 Å². The van der Waals surface area contributed by atoms with Crippen molar-refractivity contribution < 1.29 is 9.53 Å². The average Bonchev–Trinajstić information content (AvgIpc) is 3.67. The van der Waals surface area contributed by atoms with E-state index in [9.17, 15) is 4.79 Å². The standard InChI is InChI=1S/C23H28N6OS.C8H16N2O/c24-13-15-11-18(19(12-17(15)25)30-10-9-29-7-3-4-8-29)28-22-21-16-5-1-2-6-20(16)31-23(21)27-14-26-22;1-9(2)8-3-5-10(7-11)6-4-8/h11-14,24H,1-10,25H2,(H,26,27,28);7-8H,3-6H2,1-2H3. The number of rotatable bonds is 9. The number of ether oxygens (including phenoxy) is 1. The fourth-order valence-corrected chi connectivity index (χ4v) is 7.29. The Bertz CT molecular complexity index is 1360. The zero-order valence-corrected chi connectivity index (χ0v) is 25.7. The predicted octanol–water partition coefficient (Wildman–Crippen LogP) is 4.54. The lowest BCUT2D eigenvalue weighted by Gasteiger charge is -2.33. The van der Waals surface area contributed by atoms with E-state index in [-0.39, 0.29) is 0 Å². The zero-order chi connectivity index (χ0) is 29.5. The first-order valence-electron chi connectivity index (χ1n) is 15.1. The lowest BCUT2D eigenvalue weighted by molar-refractivity contribution is -0.119. The van der Waals surface area contributed by atoms with Crippen LogP contribution in [0.3, 0.4) is 0 Å². The number of hydrogen-bond acceptors (Lipinski definition) is 10. The maximum atomic E-state index is 10.3. The minimum atomic E-state index is 0.539. The summed E-state index contributed by atoms with van der Waals surface area (Å²) in [5, 5.41) is 12.3. The molecule has 0 unspecified atom stereocenters. The number of nitrogens with zero attached hydrogens (tertiary/aromatic N) is 5. The summed E-state index contributed by atoms with van der Waals surface area (Å²) in [5.41, 5.74) is 9.52. The highest BCUT2D eigenvalue weighted by atomic mass is 32.1. The van der Waals surface area contributed by atoms with Gasteiger partial charge in [0.2, 0.25) is 6.41 Å². The fourth-order valence-electron chi connectivity index (χ4n) is 6.07. The molecule has 6 rings (SSSR count). The number of aromatic nitrogens is 2. The average molecular weight is 593 g/mol. The van der Waals surface area contributed by atoms with Crippen molar-refractivity contribution >= 4 is 51.4 Å². The monoisotopic (exact) mass is 592 g/mol. The Morgan fingerprint density at radius 2 is 1.88 bits per heavy atom. The van der Waals surface area contributed by atoms with Gasteiger partial charge in [-0.15, -0.1) is 11.3 Å². The zero-order valence-electron chi connectivity index (χ0n) is 24.9. The van der Waals surface area contributed by atoms with E-state index in [1.807, 2.05) is 17.0 Å². The highest BCUT2D eigenvalue weighted by molar-refractivity contribution is 7.19. The second kappa shape index (κ2) is 14.3. The number of anilines is 3. The normalized spacial score (nSPS) is 17.5. The van der Waals surface area contributed by atoms with Crippen LogP contribution < -0.4 is 15.8 Å². The molecule has 0 spiro atoms. The number of likely N-dealkylation sites (tertiary alicyclic amines) is 2. The molecule has 4 N–H and O–H groups in total. The SMILES string of the molecule is CN(C)C1CCN(C=O)CC1.N=Cc1cc(Nc2ncnc3sc4c(c23)CCCC4)c(OCCN2CCCC2)cc1N. The molecule has 0 radical (unpaired) electrons. The van der Waals surface area contributed by atoms with Crippen molar-refractivity contribution in [3.63, 3.8) is 0 Å². The molecule has 2 fully saturated rings. The third-order valence-electron chi connectivity index (χ3n) is 8.59. The summed E-state index contributed by atoms with van der Waals surface area (Å²) in [4.78, 5) is 28.4. The molecule has 0 bridgehead atoms. The molecule has 1 aromatic carbocycles. The number of aryl methyl sites for hydroxylation is 2. The number of hydrogen-bond donors (Lipinski definition) is 3. The van der Waals surface area contributed by atoms with Gasteiger partial charge in [-0.25, -0.2) is 9.97 Å². The van der Waals surface area contributed by atoms with Gasteiger partial charge in [0, 0.05) is 54.1 Å². The summed E-state index contributed by atoms with van der Waals surface area (Å²) in [7, 11) is 4.20. The van der Waals surface area contributed by atoms with E-state index in [1.165, 1.54) is 42.3 Å². The van der Waals surface area contributed by atoms with Crippen molar-refractivity contribution in [3.8, 4) is 5.75 Å². The number of nitrogen functional groups attached to an aromatic ring is 1. The second-order valence-electron chi connectivity index (χ2n) is 11.6. The number of fused-ring (bicyclic) bond motifs is 3. The summed E-state index contributed by atoms with van der Waals surface area (Å²) in [6, 6.07) is 4.36. The predicted molar refractivity (Wildman–Crippen MR) is 172 cm³/mol. The van der Waals surface area contributed by atoms with E-state index >= 15 is 0 Å². The highest BCUT2D eigenvalue weighted by Gasteiger charge is 2.21. The fraction of sp³-hybridized carbons (Fsp3) is 0.548. The van der Waals surface area contributed by atoms with Gasteiger partial charge in [-0.3, -0.25) is 9.69 Å². The number of carbonyl (C=O) groups is 1. The maximum absolute atomic E-state index is 10.3. The highest BCUT2D eigenvalue weighted by Crippen LogP contribution is 2.40. The number of nitrogens with two attached hydrogens (primary N) is 1. The minimum absolute atomic E-state index is 0.539. The summed E-state index contributed by atoms with van der Waals surface area (Å²) in [6.07, 6.45) is 13.3. The number of benzene rings is 1. The van der Waals surface area contributed by atoms with Crippen molar-refractivity contribution in [2.24, 2.45) is 0 Å². The van der Waals surface area contributed by atoms with Gasteiger partial charge in [-0.05, 0) is 90.2 Å². The molecular formula is C31H44N8O2S. The molecule has 11 heteroatoms. The van der Waals surface area contributed by atoms with Crippen molar-refractivity contribution in [2.45, 2.75) is 57.4 Å². The van der Waals surface area contributed by atoms with E-state index in [1.54, 1.807) is 17.7 Å². The maximum Gasteiger partial charge on any atom is 0.209 e. The van der Waals surface area contributed by atoms with Gasteiger partial charge in [0.1, 0.15) is 29.3 Å². The van der Waals surface area contributed by atoms with Gasteiger partial charge >= 0.3 is 0 Å². The first-order valence-corrected chi connectivity index (χ1v) is 16.0. The summed E-state index contributed by atoms with van der Waals surface area (Å²) >= 11 is 1.78. The van der Waals surface area contributed by atoms with Crippen LogP contribution in [0, 0.1) is 5.41 Å². The van der Waals surface area contributed by atoms with Crippen LogP contribution >= 0.6 is 11.3 Å². The molecule has 1 amide bonds. The minimum Gasteiger partial charge on any atom is -0.490 e. The lowest BCUT2D eigenvalue weighted by atomic mass is 9.97. The Labute approximate surface area is 252 Å². The van der Waals surface area contributed by atoms with Crippen LogP contribution in [0.2, 0.25) is 0 Å². The van der Waals surface area contributed by atoms with Crippen molar-refractivity contribution in [1.29, 1.82) is 5.41 Å². The number of piperidine rings is 1. The van der Waals surface area contributed by atoms with Gasteiger partial charge in [0.05, 0.1) is 11.1 Å². The summed E-state index contributed by atoms with van der Waals surface area (Å²) in [6.45, 7) is 5.64. The molecule has 1 aliphatic carbocycles. The van der Waals surface area contributed by atoms with Crippen LogP contribution in [-0.4, -0.2) is 96.8 Å². The van der Waals surface area contributed by atoms with Crippen LogP contribution in [0.4, 0.5) is 17.2 Å². The van der Waals surface area contributed by atoms with E-state index in [0.717, 1.165) is 86.5 Å². The number of nitrogens with one attached hydrogen (secondary N) is 2. The third kappa shape index (κ3) is 7.19. The molecule has 3 aliphatic rings. The topological polar surface area (TPSA) is 124 Å². The van der Waals surface area contributed by atoms with E-state index in [0.29, 0.717) is 29.6 Å². The van der Waals surface area contributed by atoms with Crippen LogP contribution in [0.25, 0.3) is 10.2 Å². The molecule has 0 atom stereocenters. The lowest BCUT2D eigenvalue weighted by Crippen LogP contribution is -2.41. The Morgan fingerprint density at radius 3 is 2.60 bits per heavy atom. The van der Waals surface area contributed by atoms with Gasteiger partial charge in [-0.1, -0.05) is 0 Å². The van der Waals surface area contributed by atoms with Gasteiger partial charge < -0.3 is 31.0 Å². The summed E-state index contributed by atoms with van der Waals surface area (Å²) in [5.74, 6) is 1.49. The van der Waals surface area contributed by atoms with Crippen molar-refractivity contribution in [2.75, 3.05) is 64.5 Å². The molecule has 2 aromatic heterocycles. The van der Waals surface area contributed by atoms with Crippen molar-refractivity contribution in [1.82, 2.24) is 24.7 Å². The smallest absolute Gasteiger partial charge is 0.209 e. The van der Waals surface area contributed by atoms with Crippen molar-refractivity contribution in [3.05, 3.63) is 34.5 Å². The molecule has 2 saturated heterocycles. The quantitative estimate of drug-likeness (QED) is 0.188.